The second-order valence-corrected chi connectivity index (χ2v) is 7.79. The Kier molecular flexibility index (Phi) is 6.04. The van der Waals surface area contributed by atoms with Crippen LogP contribution in [0.1, 0.15) is 11.1 Å². The molecule has 4 rings (SSSR count). The van der Waals surface area contributed by atoms with E-state index in [-0.39, 0.29) is 11.3 Å². The molecule has 1 aliphatic rings. The van der Waals surface area contributed by atoms with E-state index in [9.17, 15) is 19.5 Å². The fraction of sp³-hybridized carbons (Fsp3) is 0.0417. The Bertz CT molecular complexity index is 1220. The van der Waals surface area contributed by atoms with E-state index < -0.39 is 17.8 Å². The van der Waals surface area contributed by atoms with Gasteiger partial charge in [0.25, 0.3) is 11.8 Å². The molecule has 0 bridgehead atoms. The number of phenolic OH excluding ortho intramolecular Hbond substituents is 1. The minimum atomic E-state index is -0.831. The molecule has 0 saturated carbocycles. The summed E-state index contributed by atoms with van der Waals surface area (Å²) >= 11 is 3.19. The molecule has 160 valence electrons. The number of rotatable bonds is 5. The quantitative estimate of drug-likeness (QED) is 0.406. The summed E-state index contributed by atoms with van der Waals surface area (Å²) in [7, 11) is 0. The topological polar surface area (TPSA) is 95.9 Å². The van der Waals surface area contributed by atoms with Crippen LogP contribution in [0.2, 0.25) is 0 Å². The van der Waals surface area contributed by atoms with E-state index in [1.54, 1.807) is 36.4 Å². The number of barbiturate groups is 1. The summed E-state index contributed by atoms with van der Waals surface area (Å²) in [5.41, 5.74) is 1.61. The smallest absolute Gasteiger partial charge is 0.335 e. The van der Waals surface area contributed by atoms with Crippen LogP contribution < -0.4 is 15.0 Å². The van der Waals surface area contributed by atoms with Crippen molar-refractivity contribution in [3.8, 4) is 11.5 Å². The maximum Gasteiger partial charge on any atom is 0.335 e. The first-order chi connectivity index (χ1) is 15.4. The van der Waals surface area contributed by atoms with E-state index in [4.69, 9.17) is 4.74 Å². The van der Waals surface area contributed by atoms with Crippen molar-refractivity contribution < 1.29 is 24.2 Å². The minimum absolute atomic E-state index is 0.0259. The second-order valence-electron chi connectivity index (χ2n) is 6.94. The van der Waals surface area contributed by atoms with Crippen molar-refractivity contribution in [3.63, 3.8) is 0 Å². The SMILES string of the molecule is O=C1NC(=O)N(c2ccc(OCc3ccccc3)cc2)C(=O)C1=Cc1ccc(O)c(Br)c1. The van der Waals surface area contributed by atoms with Crippen LogP contribution in [-0.2, 0) is 16.2 Å². The summed E-state index contributed by atoms with van der Waals surface area (Å²) in [6.07, 6.45) is 1.36. The molecule has 8 heteroatoms. The molecule has 1 saturated heterocycles. The van der Waals surface area contributed by atoms with Crippen LogP contribution in [-0.4, -0.2) is 23.0 Å². The van der Waals surface area contributed by atoms with Gasteiger partial charge in [-0.25, -0.2) is 9.69 Å². The Hall–Kier alpha value is -3.91. The first kappa shape index (κ1) is 21.3. The molecule has 0 spiro atoms. The molecule has 4 amide bonds. The molecular weight excluding hydrogens is 476 g/mol. The van der Waals surface area contributed by atoms with Gasteiger partial charge in [0.05, 0.1) is 10.2 Å². The number of urea groups is 1. The second kappa shape index (κ2) is 9.07. The number of imide groups is 2. The summed E-state index contributed by atoms with van der Waals surface area (Å²) in [4.78, 5) is 38.6. The molecule has 3 aromatic carbocycles. The number of aromatic hydroxyl groups is 1. The number of amides is 4. The highest BCUT2D eigenvalue weighted by atomic mass is 79.9. The normalized spacial score (nSPS) is 15.1. The van der Waals surface area contributed by atoms with E-state index in [0.29, 0.717) is 28.1 Å². The highest BCUT2D eigenvalue weighted by molar-refractivity contribution is 9.10. The fourth-order valence-corrected chi connectivity index (χ4v) is 3.50. The largest absolute Gasteiger partial charge is 0.507 e. The standard InChI is InChI=1S/C24H17BrN2O5/c25-20-13-16(6-11-21(20)28)12-19-22(29)26-24(31)27(23(19)30)17-7-9-18(10-8-17)32-14-15-4-2-1-3-5-15/h1-13,28H,14H2,(H,26,29,31). The number of ether oxygens (including phenoxy) is 1. The van der Waals surface area contributed by atoms with E-state index in [0.717, 1.165) is 10.5 Å². The molecule has 32 heavy (non-hydrogen) atoms. The molecule has 0 radical (unpaired) electrons. The van der Waals surface area contributed by atoms with Crippen molar-refractivity contribution in [2.45, 2.75) is 6.61 Å². The number of nitrogens with zero attached hydrogens (tertiary/aromatic N) is 1. The van der Waals surface area contributed by atoms with Crippen molar-refractivity contribution in [2.24, 2.45) is 0 Å². The monoisotopic (exact) mass is 492 g/mol. The number of carbonyl (C=O) groups is 3. The lowest BCUT2D eigenvalue weighted by molar-refractivity contribution is -0.122. The van der Waals surface area contributed by atoms with Gasteiger partial charge < -0.3 is 9.84 Å². The number of anilines is 1. The van der Waals surface area contributed by atoms with Gasteiger partial charge in [-0.3, -0.25) is 14.9 Å². The van der Waals surface area contributed by atoms with Crippen molar-refractivity contribution in [2.75, 3.05) is 4.90 Å². The van der Waals surface area contributed by atoms with Gasteiger partial charge in [-0.2, -0.15) is 0 Å². The van der Waals surface area contributed by atoms with Crippen molar-refractivity contribution in [1.82, 2.24) is 5.32 Å². The first-order valence-corrected chi connectivity index (χ1v) is 10.4. The third-order valence-corrected chi connectivity index (χ3v) is 5.36. The lowest BCUT2D eigenvalue weighted by atomic mass is 10.1. The predicted octanol–water partition coefficient (Wildman–Crippen LogP) is 4.40. The average molecular weight is 493 g/mol. The number of hydrogen-bond donors (Lipinski definition) is 2. The van der Waals surface area contributed by atoms with Crippen LogP contribution in [0.3, 0.4) is 0 Å². The number of halogens is 1. The Morgan fingerprint density at radius 2 is 1.69 bits per heavy atom. The predicted molar refractivity (Wildman–Crippen MR) is 122 cm³/mol. The number of carbonyl (C=O) groups excluding carboxylic acids is 3. The Morgan fingerprint density at radius 1 is 0.969 bits per heavy atom. The van der Waals surface area contributed by atoms with Gasteiger partial charge in [0.1, 0.15) is 23.7 Å². The fourth-order valence-electron chi connectivity index (χ4n) is 3.10. The summed E-state index contributed by atoms with van der Waals surface area (Å²) < 4.78 is 6.14. The third kappa shape index (κ3) is 4.55. The number of nitrogens with one attached hydrogen (secondary N) is 1. The minimum Gasteiger partial charge on any atom is -0.507 e. The van der Waals surface area contributed by atoms with Gasteiger partial charge in [-0.1, -0.05) is 36.4 Å². The van der Waals surface area contributed by atoms with Gasteiger partial charge in [0.15, 0.2) is 0 Å². The van der Waals surface area contributed by atoms with Crippen LogP contribution in [0.15, 0.2) is 82.8 Å². The molecule has 0 aromatic heterocycles. The van der Waals surface area contributed by atoms with E-state index in [1.165, 1.54) is 12.1 Å². The average Bonchev–Trinajstić information content (AvgIpc) is 2.79. The first-order valence-electron chi connectivity index (χ1n) is 9.59. The van der Waals surface area contributed by atoms with Crippen molar-refractivity contribution in [1.29, 1.82) is 0 Å². The summed E-state index contributed by atoms with van der Waals surface area (Å²) in [6, 6.07) is 19.8. The van der Waals surface area contributed by atoms with Crippen LogP contribution in [0.4, 0.5) is 10.5 Å². The van der Waals surface area contributed by atoms with Gasteiger partial charge in [-0.15, -0.1) is 0 Å². The molecule has 1 fully saturated rings. The number of hydrogen-bond acceptors (Lipinski definition) is 5. The Labute approximate surface area is 192 Å². The number of benzene rings is 3. The van der Waals surface area contributed by atoms with E-state index in [1.807, 2.05) is 30.3 Å². The molecule has 0 aliphatic carbocycles. The highest BCUT2D eigenvalue weighted by Crippen LogP contribution is 2.27. The maximum absolute atomic E-state index is 13.0. The Balaban J connectivity index is 1.55. The molecule has 1 heterocycles. The van der Waals surface area contributed by atoms with Crippen LogP contribution in [0.25, 0.3) is 6.08 Å². The van der Waals surface area contributed by atoms with Gasteiger partial charge >= 0.3 is 6.03 Å². The van der Waals surface area contributed by atoms with Crippen LogP contribution in [0.5, 0.6) is 11.5 Å². The zero-order chi connectivity index (χ0) is 22.7. The molecule has 1 aliphatic heterocycles. The van der Waals surface area contributed by atoms with Gasteiger partial charge in [0, 0.05) is 0 Å². The van der Waals surface area contributed by atoms with E-state index in [2.05, 4.69) is 21.2 Å². The third-order valence-electron chi connectivity index (χ3n) is 4.73. The van der Waals surface area contributed by atoms with Crippen molar-refractivity contribution >= 4 is 45.5 Å². The highest BCUT2D eigenvalue weighted by Gasteiger charge is 2.36. The Morgan fingerprint density at radius 3 is 2.38 bits per heavy atom. The lowest BCUT2D eigenvalue weighted by Crippen LogP contribution is -2.54. The molecule has 0 unspecified atom stereocenters. The van der Waals surface area contributed by atoms with Gasteiger partial charge in [0.2, 0.25) is 0 Å². The molecule has 7 nitrogen and oxygen atoms in total. The lowest BCUT2D eigenvalue weighted by Gasteiger charge is -2.26. The van der Waals surface area contributed by atoms with Gasteiger partial charge in [-0.05, 0) is 69.5 Å². The number of phenols is 1. The summed E-state index contributed by atoms with van der Waals surface area (Å²) in [6.45, 7) is 0.382. The molecular formula is C24H17BrN2O5. The zero-order valence-electron chi connectivity index (χ0n) is 16.6. The summed E-state index contributed by atoms with van der Waals surface area (Å²) in [5, 5.41) is 11.8. The maximum atomic E-state index is 13.0. The van der Waals surface area contributed by atoms with Crippen LogP contribution >= 0.6 is 15.9 Å². The molecule has 3 aromatic rings. The van der Waals surface area contributed by atoms with Crippen molar-refractivity contribution in [3.05, 3.63) is 94.0 Å². The van der Waals surface area contributed by atoms with E-state index >= 15 is 0 Å². The van der Waals surface area contributed by atoms with Crippen LogP contribution in [0, 0.1) is 0 Å². The molecule has 0 atom stereocenters. The zero-order valence-corrected chi connectivity index (χ0v) is 18.2. The summed E-state index contributed by atoms with van der Waals surface area (Å²) in [5.74, 6) is -0.939. The molecule has 2 N–H and O–H groups in total.